The van der Waals surface area contributed by atoms with Gasteiger partial charge in [-0.15, -0.1) is 0 Å². The zero-order valence-electron chi connectivity index (χ0n) is 16.2. The fourth-order valence-corrected chi connectivity index (χ4v) is 3.87. The van der Waals surface area contributed by atoms with Gasteiger partial charge in [0.25, 0.3) is 5.91 Å². The van der Waals surface area contributed by atoms with Gasteiger partial charge in [0.05, 0.1) is 11.6 Å². The standard InChI is InChI=1S/C25H17FINO3/c26-18-9-7-17(8-10-18)23-22(21(29)15-6-16-4-2-1-3-5-16)24(30)25(31)28(23)20-13-11-19(27)12-14-20/h1-15,23,30H/b15-6+/t23-/m0/s1. The lowest BCUT2D eigenvalue weighted by Crippen LogP contribution is -2.30. The van der Waals surface area contributed by atoms with Crippen molar-refractivity contribution < 1.29 is 19.1 Å². The highest BCUT2D eigenvalue weighted by Crippen LogP contribution is 2.41. The number of halogens is 2. The molecule has 1 amide bonds. The second-order valence-corrected chi connectivity index (χ2v) is 8.22. The topological polar surface area (TPSA) is 57.6 Å². The largest absolute Gasteiger partial charge is 0.503 e. The maximum atomic E-state index is 13.5. The molecule has 4 nitrogen and oxygen atoms in total. The number of amides is 1. The Kier molecular flexibility index (Phi) is 5.99. The van der Waals surface area contributed by atoms with E-state index in [-0.39, 0.29) is 5.57 Å². The Balaban J connectivity index is 1.78. The Labute approximate surface area is 192 Å². The third-order valence-electron chi connectivity index (χ3n) is 4.99. The van der Waals surface area contributed by atoms with Gasteiger partial charge in [-0.2, -0.15) is 0 Å². The van der Waals surface area contributed by atoms with Gasteiger partial charge in [0, 0.05) is 9.26 Å². The van der Waals surface area contributed by atoms with E-state index in [2.05, 4.69) is 22.6 Å². The monoisotopic (exact) mass is 525 g/mol. The second kappa shape index (κ2) is 8.85. The first-order valence-electron chi connectivity index (χ1n) is 9.51. The van der Waals surface area contributed by atoms with Crippen LogP contribution in [0.5, 0.6) is 0 Å². The highest BCUT2D eigenvalue weighted by molar-refractivity contribution is 14.1. The summed E-state index contributed by atoms with van der Waals surface area (Å²) < 4.78 is 14.5. The summed E-state index contributed by atoms with van der Waals surface area (Å²) in [6.07, 6.45) is 2.96. The highest BCUT2D eigenvalue weighted by Gasteiger charge is 2.43. The van der Waals surface area contributed by atoms with Crippen LogP contribution in [0.15, 0.2) is 96.3 Å². The quantitative estimate of drug-likeness (QED) is 0.348. The predicted molar refractivity (Wildman–Crippen MR) is 126 cm³/mol. The molecule has 1 atom stereocenters. The Morgan fingerprint density at radius 3 is 2.26 bits per heavy atom. The molecule has 154 valence electrons. The lowest BCUT2D eigenvalue weighted by atomic mass is 9.95. The van der Waals surface area contributed by atoms with Gasteiger partial charge >= 0.3 is 0 Å². The van der Waals surface area contributed by atoms with Crippen molar-refractivity contribution in [1.82, 2.24) is 0 Å². The number of anilines is 1. The van der Waals surface area contributed by atoms with Crippen LogP contribution in [0.4, 0.5) is 10.1 Å². The van der Waals surface area contributed by atoms with E-state index in [1.165, 1.54) is 35.2 Å². The normalized spacial score (nSPS) is 16.4. The van der Waals surface area contributed by atoms with Crippen LogP contribution in [0, 0.1) is 9.39 Å². The molecule has 0 saturated carbocycles. The van der Waals surface area contributed by atoms with Crippen molar-refractivity contribution in [3.63, 3.8) is 0 Å². The smallest absolute Gasteiger partial charge is 0.294 e. The first kappa shape index (κ1) is 21.0. The zero-order chi connectivity index (χ0) is 22.0. The van der Waals surface area contributed by atoms with Crippen molar-refractivity contribution in [3.8, 4) is 0 Å². The summed E-state index contributed by atoms with van der Waals surface area (Å²) in [5.74, 6) is -2.20. The van der Waals surface area contributed by atoms with Crippen LogP contribution in [-0.4, -0.2) is 16.8 Å². The van der Waals surface area contributed by atoms with E-state index in [9.17, 15) is 19.1 Å². The number of carbonyl (C=O) groups excluding carboxylic acids is 2. The Morgan fingerprint density at radius 1 is 0.968 bits per heavy atom. The number of rotatable bonds is 5. The molecular weight excluding hydrogens is 508 g/mol. The molecule has 6 heteroatoms. The molecule has 0 fully saturated rings. The first-order chi connectivity index (χ1) is 15.0. The van der Waals surface area contributed by atoms with E-state index < -0.39 is 29.3 Å². The van der Waals surface area contributed by atoms with E-state index in [1.807, 2.05) is 42.5 Å². The van der Waals surface area contributed by atoms with Crippen molar-refractivity contribution in [2.75, 3.05) is 4.90 Å². The van der Waals surface area contributed by atoms with Gasteiger partial charge in [-0.1, -0.05) is 48.5 Å². The number of hydrogen-bond acceptors (Lipinski definition) is 3. The molecule has 3 aromatic carbocycles. The molecule has 0 radical (unpaired) electrons. The van der Waals surface area contributed by atoms with E-state index >= 15 is 0 Å². The van der Waals surface area contributed by atoms with Crippen molar-refractivity contribution in [3.05, 3.63) is 117 Å². The molecule has 1 aliphatic rings. The lowest BCUT2D eigenvalue weighted by Gasteiger charge is -2.26. The van der Waals surface area contributed by atoms with E-state index in [4.69, 9.17) is 0 Å². The van der Waals surface area contributed by atoms with Crippen LogP contribution in [0.1, 0.15) is 17.2 Å². The third kappa shape index (κ3) is 4.29. The van der Waals surface area contributed by atoms with Gasteiger partial charge in [-0.25, -0.2) is 4.39 Å². The lowest BCUT2D eigenvalue weighted by molar-refractivity contribution is -0.117. The molecule has 1 heterocycles. The maximum absolute atomic E-state index is 13.5. The number of aliphatic hydroxyl groups excluding tert-OH is 1. The Bertz CT molecular complexity index is 1190. The van der Waals surface area contributed by atoms with Crippen LogP contribution in [0.25, 0.3) is 6.08 Å². The number of benzene rings is 3. The molecule has 0 aliphatic carbocycles. The van der Waals surface area contributed by atoms with Crippen LogP contribution in [-0.2, 0) is 9.59 Å². The van der Waals surface area contributed by atoms with Crippen molar-refractivity contribution in [2.45, 2.75) is 6.04 Å². The molecule has 31 heavy (non-hydrogen) atoms. The van der Waals surface area contributed by atoms with Crippen LogP contribution >= 0.6 is 22.6 Å². The minimum absolute atomic E-state index is 0.0395. The fraction of sp³-hybridized carbons (Fsp3) is 0.0400. The molecule has 1 aliphatic heterocycles. The van der Waals surface area contributed by atoms with E-state index in [1.54, 1.807) is 18.2 Å². The first-order valence-corrected chi connectivity index (χ1v) is 10.6. The molecule has 0 unspecified atom stereocenters. The predicted octanol–water partition coefficient (Wildman–Crippen LogP) is 5.61. The van der Waals surface area contributed by atoms with Gasteiger partial charge in [-0.05, 0) is 76.2 Å². The summed E-state index contributed by atoms with van der Waals surface area (Å²) in [6, 6.07) is 21.1. The van der Waals surface area contributed by atoms with Crippen molar-refractivity contribution >= 4 is 46.0 Å². The Morgan fingerprint density at radius 2 is 1.61 bits per heavy atom. The van der Waals surface area contributed by atoms with Crippen LogP contribution in [0.3, 0.4) is 0 Å². The Hall–Kier alpha value is -3.26. The number of allylic oxidation sites excluding steroid dienone is 1. The summed E-state index contributed by atoms with van der Waals surface area (Å²) >= 11 is 2.15. The maximum Gasteiger partial charge on any atom is 0.294 e. The number of nitrogens with zero attached hydrogens (tertiary/aromatic N) is 1. The van der Waals surface area contributed by atoms with Crippen LogP contribution < -0.4 is 4.90 Å². The summed E-state index contributed by atoms with van der Waals surface area (Å²) in [6.45, 7) is 0. The van der Waals surface area contributed by atoms with Gasteiger partial charge in [-0.3, -0.25) is 14.5 Å². The number of hydrogen-bond donors (Lipinski definition) is 1. The van der Waals surface area contributed by atoms with Gasteiger partial charge in [0.1, 0.15) is 5.82 Å². The average molecular weight is 525 g/mol. The number of ketones is 1. The second-order valence-electron chi connectivity index (χ2n) is 6.98. The van der Waals surface area contributed by atoms with E-state index in [0.29, 0.717) is 11.3 Å². The summed E-state index contributed by atoms with van der Waals surface area (Å²) in [5.41, 5.74) is 1.82. The zero-order valence-corrected chi connectivity index (χ0v) is 18.4. The van der Waals surface area contributed by atoms with Crippen molar-refractivity contribution in [2.24, 2.45) is 0 Å². The third-order valence-corrected chi connectivity index (χ3v) is 5.71. The van der Waals surface area contributed by atoms with Crippen LogP contribution in [0.2, 0.25) is 0 Å². The minimum Gasteiger partial charge on any atom is -0.503 e. The molecule has 4 rings (SSSR count). The molecule has 0 spiro atoms. The average Bonchev–Trinajstić information content (AvgIpc) is 3.05. The SMILES string of the molecule is O=C(/C=C/c1ccccc1)C1=C(O)C(=O)N(c2ccc(I)cc2)[C@H]1c1ccc(F)cc1. The summed E-state index contributed by atoms with van der Waals surface area (Å²) in [7, 11) is 0. The molecule has 0 bridgehead atoms. The summed E-state index contributed by atoms with van der Waals surface area (Å²) in [4.78, 5) is 27.5. The van der Waals surface area contributed by atoms with Gasteiger partial charge in [0.15, 0.2) is 11.5 Å². The summed E-state index contributed by atoms with van der Waals surface area (Å²) in [5, 5.41) is 10.7. The fourth-order valence-electron chi connectivity index (χ4n) is 3.51. The molecule has 0 saturated heterocycles. The number of carbonyl (C=O) groups is 2. The molecule has 0 aromatic heterocycles. The molecule has 1 N–H and O–H groups in total. The molecular formula is C25H17FINO3. The van der Waals surface area contributed by atoms with Gasteiger partial charge in [0.2, 0.25) is 0 Å². The van der Waals surface area contributed by atoms with Crippen molar-refractivity contribution in [1.29, 1.82) is 0 Å². The van der Waals surface area contributed by atoms with Gasteiger partial charge < -0.3 is 5.11 Å². The number of aliphatic hydroxyl groups is 1. The van der Waals surface area contributed by atoms with E-state index in [0.717, 1.165) is 9.13 Å². The molecule has 3 aromatic rings. The minimum atomic E-state index is -0.874. The highest BCUT2D eigenvalue weighted by atomic mass is 127.